The van der Waals surface area contributed by atoms with Crippen LogP contribution in [0.5, 0.6) is 0 Å². The van der Waals surface area contributed by atoms with Gasteiger partial charge in [-0.1, -0.05) is 0 Å². The summed E-state index contributed by atoms with van der Waals surface area (Å²) in [5.74, 6) is -0.0180. The van der Waals surface area contributed by atoms with Gasteiger partial charge in [0.25, 0.3) is 0 Å². The van der Waals surface area contributed by atoms with Crippen molar-refractivity contribution >= 4 is 17.3 Å². The molecule has 2 aromatic rings. The van der Waals surface area contributed by atoms with Gasteiger partial charge in [0.15, 0.2) is 0 Å². The smallest absolute Gasteiger partial charge is 0.241 e. The number of morpholine rings is 1. The molecule has 140 valence electrons. The van der Waals surface area contributed by atoms with E-state index in [0.717, 1.165) is 43.2 Å². The first-order valence-corrected chi connectivity index (χ1v) is 8.94. The highest BCUT2D eigenvalue weighted by molar-refractivity contribution is 5.94. The molecule has 1 aliphatic rings. The lowest BCUT2D eigenvalue weighted by Crippen LogP contribution is -2.39. The molecule has 26 heavy (non-hydrogen) atoms. The van der Waals surface area contributed by atoms with E-state index in [4.69, 9.17) is 4.74 Å². The van der Waals surface area contributed by atoms with Crippen LogP contribution in [0.4, 0.5) is 11.4 Å². The number of likely N-dealkylation sites (N-methyl/N-ethyl adjacent to an activating group) is 1. The van der Waals surface area contributed by atoms with Crippen LogP contribution < -0.4 is 10.2 Å². The quantitative estimate of drug-likeness (QED) is 0.853. The molecule has 1 aromatic carbocycles. The lowest BCUT2D eigenvalue weighted by atomic mass is 10.2. The molecule has 1 aromatic heterocycles. The third kappa shape index (κ3) is 4.62. The van der Waals surface area contributed by atoms with Crippen molar-refractivity contribution in [1.82, 2.24) is 14.7 Å². The Labute approximate surface area is 154 Å². The minimum Gasteiger partial charge on any atom is -0.378 e. The van der Waals surface area contributed by atoms with E-state index < -0.39 is 0 Å². The number of benzene rings is 1. The number of aryl methyl sites for hydroxylation is 1. The highest BCUT2D eigenvalue weighted by Gasteiger charge is 2.19. The van der Waals surface area contributed by atoms with E-state index in [1.165, 1.54) is 0 Å². The summed E-state index contributed by atoms with van der Waals surface area (Å²) in [5.41, 5.74) is 3.06. The molecule has 1 fully saturated rings. The third-order valence-corrected chi connectivity index (χ3v) is 4.74. The Morgan fingerprint density at radius 3 is 2.62 bits per heavy atom. The number of carbonyl (C=O) groups is 1. The van der Waals surface area contributed by atoms with Crippen LogP contribution in [0.1, 0.15) is 12.5 Å². The first kappa shape index (κ1) is 18.4. The Morgan fingerprint density at radius 2 is 2.00 bits per heavy atom. The second-order valence-electron chi connectivity index (χ2n) is 6.75. The molecule has 0 spiro atoms. The van der Waals surface area contributed by atoms with Crippen LogP contribution in [-0.2, 0) is 23.1 Å². The Hall–Kier alpha value is -2.38. The second-order valence-corrected chi connectivity index (χ2v) is 6.75. The predicted molar refractivity (Wildman–Crippen MR) is 102 cm³/mol. The highest BCUT2D eigenvalue weighted by atomic mass is 16.5. The first-order valence-electron chi connectivity index (χ1n) is 8.94. The van der Waals surface area contributed by atoms with Gasteiger partial charge in [-0.3, -0.25) is 14.4 Å². The number of hydrogen-bond donors (Lipinski definition) is 1. The summed E-state index contributed by atoms with van der Waals surface area (Å²) in [6.45, 7) is 5.93. The molecule has 3 rings (SSSR count). The number of amides is 1. The van der Waals surface area contributed by atoms with E-state index in [1.54, 1.807) is 4.68 Å². The largest absolute Gasteiger partial charge is 0.378 e. The molecule has 7 heteroatoms. The van der Waals surface area contributed by atoms with Crippen molar-refractivity contribution in [2.45, 2.75) is 19.5 Å². The molecule has 1 aliphatic heterocycles. The van der Waals surface area contributed by atoms with Crippen LogP contribution in [0.15, 0.2) is 36.7 Å². The molecule has 1 N–H and O–H groups in total. The van der Waals surface area contributed by atoms with Crippen LogP contribution in [0.25, 0.3) is 0 Å². The van der Waals surface area contributed by atoms with Gasteiger partial charge in [-0.2, -0.15) is 5.10 Å². The fraction of sp³-hybridized carbons (Fsp3) is 0.474. The Bertz CT molecular complexity index is 722. The predicted octanol–water partition coefficient (Wildman–Crippen LogP) is 1.72. The molecule has 1 amide bonds. The van der Waals surface area contributed by atoms with E-state index in [9.17, 15) is 4.79 Å². The van der Waals surface area contributed by atoms with Gasteiger partial charge in [-0.15, -0.1) is 0 Å². The van der Waals surface area contributed by atoms with Crippen molar-refractivity contribution < 1.29 is 9.53 Å². The van der Waals surface area contributed by atoms with Crippen molar-refractivity contribution in [2.24, 2.45) is 7.05 Å². The Balaban J connectivity index is 1.54. The minimum atomic E-state index is -0.242. The summed E-state index contributed by atoms with van der Waals surface area (Å²) in [7, 11) is 3.83. The molecule has 0 bridgehead atoms. The fourth-order valence-electron chi connectivity index (χ4n) is 3.00. The molecular formula is C19H27N5O2. The number of rotatable bonds is 6. The fourth-order valence-corrected chi connectivity index (χ4v) is 3.00. The molecule has 7 nitrogen and oxygen atoms in total. The molecular weight excluding hydrogens is 330 g/mol. The van der Waals surface area contributed by atoms with E-state index in [0.29, 0.717) is 6.54 Å². The summed E-state index contributed by atoms with van der Waals surface area (Å²) < 4.78 is 7.15. The van der Waals surface area contributed by atoms with Gasteiger partial charge in [-0.25, -0.2) is 0 Å². The summed E-state index contributed by atoms with van der Waals surface area (Å²) in [5, 5.41) is 7.17. The molecule has 0 saturated carbocycles. The zero-order chi connectivity index (χ0) is 18.5. The lowest BCUT2D eigenvalue weighted by molar-refractivity contribution is -0.120. The third-order valence-electron chi connectivity index (χ3n) is 4.74. The minimum absolute atomic E-state index is 0.0180. The number of nitrogens with zero attached hydrogens (tertiary/aromatic N) is 4. The average molecular weight is 357 g/mol. The molecule has 2 heterocycles. The summed E-state index contributed by atoms with van der Waals surface area (Å²) in [6.07, 6.45) is 3.79. The van der Waals surface area contributed by atoms with Crippen LogP contribution >= 0.6 is 0 Å². The van der Waals surface area contributed by atoms with Crippen LogP contribution in [-0.4, -0.2) is 60.0 Å². The molecule has 1 saturated heterocycles. The Kier molecular flexibility index (Phi) is 5.90. The number of aromatic nitrogens is 2. The molecule has 0 unspecified atom stereocenters. The number of ether oxygens (including phenoxy) is 1. The Morgan fingerprint density at radius 1 is 1.31 bits per heavy atom. The van der Waals surface area contributed by atoms with Gasteiger partial charge in [-0.05, 0) is 38.2 Å². The molecule has 1 atom stereocenters. The van der Waals surface area contributed by atoms with Crippen molar-refractivity contribution in [3.05, 3.63) is 42.2 Å². The standard InChI is InChI=1S/C19H27N5O2/c1-15(22(2)13-16-12-20-23(3)14-16)19(25)21-17-4-6-18(7-5-17)24-8-10-26-11-9-24/h4-7,12,14-15H,8-11,13H2,1-3H3,(H,21,25)/t15-/m1/s1. The summed E-state index contributed by atoms with van der Waals surface area (Å²) in [4.78, 5) is 16.8. The van der Waals surface area contributed by atoms with Gasteiger partial charge in [0.1, 0.15) is 0 Å². The topological polar surface area (TPSA) is 62.6 Å². The average Bonchev–Trinajstić information content (AvgIpc) is 3.07. The molecule has 0 radical (unpaired) electrons. The van der Waals surface area contributed by atoms with E-state index in [-0.39, 0.29) is 11.9 Å². The summed E-state index contributed by atoms with van der Waals surface area (Å²) in [6, 6.07) is 7.76. The van der Waals surface area contributed by atoms with E-state index >= 15 is 0 Å². The van der Waals surface area contributed by atoms with Crippen molar-refractivity contribution in [2.75, 3.05) is 43.6 Å². The van der Waals surface area contributed by atoms with Crippen molar-refractivity contribution in [1.29, 1.82) is 0 Å². The van der Waals surface area contributed by atoms with Gasteiger partial charge in [0.05, 0.1) is 25.5 Å². The zero-order valence-corrected chi connectivity index (χ0v) is 15.7. The lowest BCUT2D eigenvalue weighted by Gasteiger charge is -2.29. The normalized spacial score (nSPS) is 15.9. The zero-order valence-electron chi connectivity index (χ0n) is 15.7. The van der Waals surface area contributed by atoms with E-state index in [1.807, 2.05) is 62.6 Å². The maximum absolute atomic E-state index is 12.5. The monoisotopic (exact) mass is 357 g/mol. The number of carbonyl (C=O) groups excluding carboxylic acids is 1. The number of anilines is 2. The van der Waals surface area contributed by atoms with Gasteiger partial charge in [0, 0.05) is 49.8 Å². The van der Waals surface area contributed by atoms with Crippen molar-refractivity contribution in [3.63, 3.8) is 0 Å². The van der Waals surface area contributed by atoms with Crippen LogP contribution in [0, 0.1) is 0 Å². The van der Waals surface area contributed by atoms with Crippen molar-refractivity contribution in [3.8, 4) is 0 Å². The first-order chi connectivity index (χ1) is 12.5. The molecule has 0 aliphatic carbocycles. The van der Waals surface area contributed by atoms with Gasteiger partial charge >= 0.3 is 0 Å². The van der Waals surface area contributed by atoms with E-state index in [2.05, 4.69) is 15.3 Å². The maximum Gasteiger partial charge on any atom is 0.241 e. The number of hydrogen-bond acceptors (Lipinski definition) is 5. The second kappa shape index (κ2) is 8.33. The SMILES string of the molecule is C[C@H](C(=O)Nc1ccc(N2CCOCC2)cc1)N(C)Cc1cnn(C)c1. The number of nitrogens with one attached hydrogen (secondary N) is 1. The van der Waals surface area contributed by atoms with Crippen LogP contribution in [0.2, 0.25) is 0 Å². The maximum atomic E-state index is 12.5. The highest BCUT2D eigenvalue weighted by Crippen LogP contribution is 2.19. The van der Waals surface area contributed by atoms with Crippen LogP contribution in [0.3, 0.4) is 0 Å². The van der Waals surface area contributed by atoms with Gasteiger partial charge in [0.2, 0.25) is 5.91 Å². The summed E-state index contributed by atoms with van der Waals surface area (Å²) >= 11 is 0. The van der Waals surface area contributed by atoms with Gasteiger partial charge < -0.3 is 15.0 Å².